The van der Waals surface area contributed by atoms with Crippen molar-refractivity contribution >= 4 is 0 Å². The molecule has 0 aliphatic rings. The molecular formula is C18H19N3. The van der Waals surface area contributed by atoms with Crippen molar-refractivity contribution in [3.63, 3.8) is 0 Å². The predicted molar refractivity (Wildman–Crippen MR) is 86.0 cm³/mol. The van der Waals surface area contributed by atoms with Crippen LogP contribution in [0.15, 0.2) is 54.7 Å². The molecule has 0 saturated carbocycles. The predicted octanol–water partition coefficient (Wildman–Crippen LogP) is 3.74. The fourth-order valence-corrected chi connectivity index (χ4v) is 2.59. The molecule has 1 aromatic heterocycles. The summed E-state index contributed by atoms with van der Waals surface area (Å²) in [6.45, 7) is 4.20. The minimum Gasteiger partial charge on any atom is -0.340 e. The number of imidazole rings is 1. The van der Waals surface area contributed by atoms with Gasteiger partial charge in [0.1, 0.15) is 5.82 Å². The van der Waals surface area contributed by atoms with Crippen molar-refractivity contribution in [3.8, 4) is 11.3 Å². The van der Waals surface area contributed by atoms with E-state index in [1.807, 2.05) is 36.5 Å². The van der Waals surface area contributed by atoms with Crippen molar-refractivity contribution in [2.45, 2.75) is 19.9 Å². The van der Waals surface area contributed by atoms with Crippen LogP contribution in [0, 0.1) is 13.8 Å². The monoisotopic (exact) mass is 277 g/mol. The molecule has 2 aromatic carbocycles. The number of aromatic nitrogens is 2. The van der Waals surface area contributed by atoms with Gasteiger partial charge in [-0.3, -0.25) is 0 Å². The zero-order valence-corrected chi connectivity index (χ0v) is 12.3. The first-order chi connectivity index (χ1) is 10.1. The van der Waals surface area contributed by atoms with Crippen LogP contribution < -0.4 is 5.73 Å². The minimum atomic E-state index is -0.231. The number of rotatable bonds is 3. The highest BCUT2D eigenvalue weighted by Crippen LogP contribution is 2.23. The normalized spacial score (nSPS) is 12.3. The lowest BCUT2D eigenvalue weighted by Crippen LogP contribution is -2.13. The van der Waals surface area contributed by atoms with Gasteiger partial charge in [0.05, 0.1) is 17.9 Å². The van der Waals surface area contributed by atoms with Gasteiger partial charge in [0.2, 0.25) is 0 Å². The van der Waals surface area contributed by atoms with Crippen molar-refractivity contribution in [1.29, 1.82) is 0 Å². The van der Waals surface area contributed by atoms with Gasteiger partial charge in [0.15, 0.2) is 0 Å². The Labute approximate surface area is 124 Å². The third-order valence-corrected chi connectivity index (χ3v) is 3.58. The van der Waals surface area contributed by atoms with Crippen molar-refractivity contribution in [2.75, 3.05) is 0 Å². The number of nitrogens with two attached hydrogens (primary N) is 1. The van der Waals surface area contributed by atoms with Crippen LogP contribution in [-0.4, -0.2) is 9.97 Å². The van der Waals surface area contributed by atoms with Crippen LogP contribution >= 0.6 is 0 Å². The summed E-state index contributed by atoms with van der Waals surface area (Å²) >= 11 is 0. The Bertz CT molecular complexity index is 724. The molecule has 3 heteroatoms. The van der Waals surface area contributed by atoms with E-state index in [2.05, 4.69) is 42.0 Å². The summed E-state index contributed by atoms with van der Waals surface area (Å²) < 4.78 is 0. The molecule has 0 fully saturated rings. The van der Waals surface area contributed by atoms with Gasteiger partial charge < -0.3 is 10.7 Å². The molecule has 3 aromatic rings. The lowest BCUT2D eigenvalue weighted by molar-refractivity contribution is 0.801. The molecule has 3 rings (SSSR count). The van der Waals surface area contributed by atoms with Gasteiger partial charge in [0.25, 0.3) is 0 Å². The van der Waals surface area contributed by atoms with Crippen LogP contribution in [0.3, 0.4) is 0 Å². The third kappa shape index (κ3) is 2.88. The topological polar surface area (TPSA) is 54.7 Å². The van der Waals surface area contributed by atoms with Crippen LogP contribution in [0.1, 0.15) is 28.6 Å². The van der Waals surface area contributed by atoms with Crippen LogP contribution in [0.4, 0.5) is 0 Å². The van der Waals surface area contributed by atoms with E-state index in [-0.39, 0.29) is 6.04 Å². The first kappa shape index (κ1) is 13.6. The maximum atomic E-state index is 6.27. The Morgan fingerprint density at radius 3 is 2.33 bits per heavy atom. The minimum absolute atomic E-state index is 0.231. The Morgan fingerprint density at radius 2 is 1.67 bits per heavy atom. The van der Waals surface area contributed by atoms with Gasteiger partial charge >= 0.3 is 0 Å². The molecule has 0 saturated heterocycles. The summed E-state index contributed by atoms with van der Waals surface area (Å²) in [6, 6.07) is 16.2. The number of aromatic amines is 1. The second kappa shape index (κ2) is 5.54. The molecule has 0 aliphatic heterocycles. The summed E-state index contributed by atoms with van der Waals surface area (Å²) in [4.78, 5) is 7.79. The van der Waals surface area contributed by atoms with Gasteiger partial charge in [-0.05, 0) is 31.5 Å². The first-order valence-electron chi connectivity index (χ1n) is 7.07. The molecule has 106 valence electrons. The lowest BCUT2D eigenvalue weighted by Gasteiger charge is -2.08. The smallest absolute Gasteiger partial charge is 0.128 e. The highest BCUT2D eigenvalue weighted by Gasteiger charge is 2.13. The number of nitrogens with zero attached hydrogens (tertiary/aromatic N) is 1. The summed E-state index contributed by atoms with van der Waals surface area (Å²) in [6.07, 6.45) is 1.85. The highest BCUT2D eigenvalue weighted by molar-refractivity contribution is 5.61. The van der Waals surface area contributed by atoms with Gasteiger partial charge in [-0.1, -0.05) is 47.5 Å². The standard InChI is InChI=1S/C18H19N3/c1-12-8-13(2)10-15(9-12)16-11-20-18(21-16)17(19)14-6-4-3-5-7-14/h3-11,17H,19H2,1-2H3,(H,20,21)/t17-/m0/s1. The summed E-state index contributed by atoms with van der Waals surface area (Å²) in [7, 11) is 0. The molecule has 1 heterocycles. The molecule has 0 aliphatic carbocycles. The van der Waals surface area contributed by atoms with E-state index in [0.717, 1.165) is 22.6 Å². The van der Waals surface area contributed by atoms with Crippen LogP contribution in [-0.2, 0) is 0 Å². The van der Waals surface area contributed by atoms with Crippen molar-refractivity contribution in [1.82, 2.24) is 9.97 Å². The summed E-state index contributed by atoms with van der Waals surface area (Å²) in [5.74, 6) is 0.787. The van der Waals surface area contributed by atoms with Crippen molar-refractivity contribution < 1.29 is 0 Å². The van der Waals surface area contributed by atoms with E-state index >= 15 is 0 Å². The molecular weight excluding hydrogens is 258 g/mol. The van der Waals surface area contributed by atoms with Crippen molar-refractivity contribution in [3.05, 3.63) is 77.2 Å². The first-order valence-corrected chi connectivity index (χ1v) is 7.07. The van der Waals surface area contributed by atoms with E-state index in [0.29, 0.717) is 0 Å². The van der Waals surface area contributed by atoms with Gasteiger partial charge in [0, 0.05) is 5.56 Å². The molecule has 3 N–H and O–H groups in total. The second-order valence-corrected chi connectivity index (χ2v) is 5.45. The maximum Gasteiger partial charge on any atom is 0.128 e. The fourth-order valence-electron chi connectivity index (χ4n) is 2.59. The number of hydrogen-bond acceptors (Lipinski definition) is 2. The molecule has 0 amide bonds. The van der Waals surface area contributed by atoms with E-state index in [4.69, 9.17) is 5.73 Å². The lowest BCUT2D eigenvalue weighted by atomic mass is 10.1. The Kier molecular flexibility index (Phi) is 3.59. The Balaban J connectivity index is 1.93. The molecule has 21 heavy (non-hydrogen) atoms. The largest absolute Gasteiger partial charge is 0.340 e. The number of aryl methyl sites for hydroxylation is 2. The average molecular weight is 277 g/mol. The molecule has 3 nitrogen and oxygen atoms in total. The van der Waals surface area contributed by atoms with Crippen molar-refractivity contribution in [2.24, 2.45) is 5.73 Å². The van der Waals surface area contributed by atoms with Crippen LogP contribution in [0.5, 0.6) is 0 Å². The number of nitrogens with one attached hydrogen (secondary N) is 1. The number of benzene rings is 2. The van der Waals surface area contributed by atoms with E-state index in [9.17, 15) is 0 Å². The Morgan fingerprint density at radius 1 is 1.00 bits per heavy atom. The molecule has 0 radical (unpaired) electrons. The summed E-state index contributed by atoms with van der Waals surface area (Å²) in [5.41, 5.74) is 12.0. The molecule has 1 atom stereocenters. The second-order valence-electron chi connectivity index (χ2n) is 5.45. The zero-order valence-electron chi connectivity index (χ0n) is 12.3. The molecule has 0 bridgehead atoms. The number of hydrogen-bond donors (Lipinski definition) is 2. The van der Waals surface area contributed by atoms with E-state index in [1.54, 1.807) is 0 Å². The van der Waals surface area contributed by atoms with Crippen LogP contribution in [0.25, 0.3) is 11.3 Å². The zero-order chi connectivity index (χ0) is 14.8. The highest BCUT2D eigenvalue weighted by atomic mass is 15.0. The van der Waals surface area contributed by atoms with Gasteiger partial charge in [-0.25, -0.2) is 4.98 Å². The Hall–Kier alpha value is -2.39. The molecule has 0 unspecified atom stereocenters. The fraction of sp³-hybridized carbons (Fsp3) is 0.167. The SMILES string of the molecule is Cc1cc(C)cc(-c2cnc([C@@H](N)c3ccccc3)[nH]2)c1. The molecule has 0 spiro atoms. The third-order valence-electron chi connectivity index (χ3n) is 3.58. The van der Waals surface area contributed by atoms with Crippen LogP contribution in [0.2, 0.25) is 0 Å². The van der Waals surface area contributed by atoms with E-state index < -0.39 is 0 Å². The summed E-state index contributed by atoms with van der Waals surface area (Å²) in [5, 5.41) is 0. The van der Waals surface area contributed by atoms with Gasteiger partial charge in [-0.2, -0.15) is 0 Å². The maximum absolute atomic E-state index is 6.27. The number of H-pyrrole nitrogens is 1. The van der Waals surface area contributed by atoms with E-state index in [1.165, 1.54) is 11.1 Å². The average Bonchev–Trinajstić information content (AvgIpc) is 2.96. The van der Waals surface area contributed by atoms with Gasteiger partial charge in [-0.15, -0.1) is 0 Å². The quantitative estimate of drug-likeness (QED) is 0.766.